The number of carbonyl (C=O) groups excluding carboxylic acids is 1. The van der Waals surface area contributed by atoms with Crippen molar-refractivity contribution in [2.24, 2.45) is 0 Å². The topological polar surface area (TPSA) is 66.4 Å². The largest absolute Gasteiger partial charge is 0.480 e. The fraction of sp³-hybridized carbons (Fsp3) is 0.125. The zero-order valence-corrected chi connectivity index (χ0v) is 13.3. The molecule has 7 heteroatoms. The summed E-state index contributed by atoms with van der Waals surface area (Å²) in [6, 6.07) is 8.07. The van der Waals surface area contributed by atoms with Gasteiger partial charge in [-0.05, 0) is 23.8 Å². The molecule has 0 saturated heterocycles. The fourth-order valence-corrected chi connectivity index (χ4v) is 2.46. The number of carboxylic acids is 1. The van der Waals surface area contributed by atoms with Crippen LogP contribution in [0.3, 0.4) is 0 Å². The van der Waals surface area contributed by atoms with Crippen molar-refractivity contribution in [1.29, 1.82) is 0 Å². The maximum atomic E-state index is 13.1. The SMILES string of the molecule is O=C(N[C@@H](Cc1ccccc1Br)C(=O)O)c1cc(F)cc(F)c1. The minimum atomic E-state index is -1.24. The molecule has 4 nitrogen and oxygen atoms in total. The van der Waals surface area contributed by atoms with Crippen molar-refractivity contribution < 1.29 is 23.5 Å². The normalized spacial score (nSPS) is 11.8. The van der Waals surface area contributed by atoms with Crippen molar-refractivity contribution in [2.45, 2.75) is 12.5 Å². The second-order valence-corrected chi connectivity index (χ2v) is 5.67. The Balaban J connectivity index is 2.18. The van der Waals surface area contributed by atoms with Gasteiger partial charge in [0.2, 0.25) is 0 Å². The van der Waals surface area contributed by atoms with Crippen LogP contribution < -0.4 is 5.32 Å². The number of aliphatic carboxylic acids is 1. The lowest BCUT2D eigenvalue weighted by Gasteiger charge is -2.15. The quantitative estimate of drug-likeness (QED) is 0.833. The van der Waals surface area contributed by atoms with Gasteiger partial charge in [-0.1, -0.05) is 34.1 Å². The highest BCUT2D eigenvalue weighted by molar-refractivity contribution is 9.10. The first-order chi connectivity index (χ1) is 10.9. The third kappa shape index (κ3) is 4.59. The zero-order valence-electron chi connectivity index (χ0n) is 11.7. The van der Waals surface area contributed by atoms with E-state index in [-0.39, 0.29) is 12.0 Å². The van der Waals surface area contributed by atoms with Crippen LogP contribution in [0.2, 0.25) is 0 Å². The maximum absolute atomic E-state index is 13.1. The summed E-state index contributed by atoms with van der Waals surface area (Å²) in [5.74, 6) is -3.92. The van der Waals surface area contributed by atoms with Gasteiger partial charge in [-0.15, -0.1) is 0 Å². The average Bonchev–Trinajstić information content (AvgIpc) is 2.47. The molecule has 1 atom stereocenters. The molecule has 2 aromatic carbocycles. The third-order valence-electron chi connectivity index (χ3n) is 3.11. The maximum Gasteiger partial charge on any atom is 0.326 e. The lowest BCUT2D eigenvalue weighted by molar-refractivity contribution is -0.139. The minimum absolute atomic E-state index is 0.0281. The van der Waals surface area contributed by atoms with Crippen molar-refractivity contribution in [3.8, 4) is 0 Å². The van der Waals surface area contributed by atoms with E-state index in [1.165, 1.54) is 0 Å². The molecular formula is C16H12BrF2NO3. The van der Waals surface area contributed by atoms with Crippen LogP contribution in [0.15, 0.2) is 46.9 Å². The van der Waals surface area contributed by atoms with Crippen molar-refractivity contribution >= 4 is 27.8 Å². The predicted octanol–water partition coefficient (Wildman–Crippen LogP) is 3.15. The van der Waals surface area contributed by atoms with Gasteiger partial charge in [0, 0.05) is 22.5 Å². The molecule has 0 aromatic heterocycles. The van der Waals surface area contributed by atoms with Crippen LogP contribution in [0.4, 0.5) is 8.78 Å². The van der Waals surface area contributed by atoms with Gasteiger partial charge in [-0.3, -0.25) is 4.79 Å². The molecule has 1 amide bonds. The molecule has 0 saturated carbocycles. The molecule has 0 aliphatic rings. The first kappa shape index (κ1) is 17.1. The van der Waals surface area contributed by atoms with Crippen LogP contribution in [-0.2, 0) is 11.2 Å². The van der Waals surface area contributed by atoms with Crippen LogP contribution >= 0.6 is 15.9 Å². The summed E-state index contributed by atoms with van der Waals surface area (Å²) in [6.07, 6.45) is 0.0281. The number of benzene rings is 2. The van der Waals surface area contributed by atoms with Crippen LogP contribution in [0.1, 0.15) is 15.9 Å². The number of hydrogen-bond acceptors (Lipinski definition) is 2. The minimum Gasteiger partial charge on any atom is -0.480 e. The molecule has 23 heavy (non-hydrogen) atoms. The summed E-state index contributed by atoms with van der Waals surface area (Å²) in [5, 5.41) is 11.5. The van der Waals surface area contributed by atoms with Crippen molar-refractivity contribution in [2.75, 3.05) is 0 Å². The summed E-state index contributed by atoms with van der Waals surface area (Å²) in [4.78, 5) is 23.4. The second kappa shape index (κ2) is 7.32. The lowest BCUT2D eigenvalue weighted by atomic mass is 10.1. The molecule has 0 fully saturated rings. The number of halogens is 3. The number of amides is 1. The summed E-state index contributed by atoms with van der Waals surface area (Å²) >= 11 is 3.30. The molecule has 0 bridgehead atoms. The number of carbonyl (C=O) groups is 2. The van der Waals surface area contributed by atoms with Crippen LogP contribution in [0.25, 0.3) is 0 Å². The monoisotopic (exact) mass is 383 g/mol. The third-order valence-corrected chi connectivity index (χ3v) is 3.88. The van der Waals surface area contributed by atoms with E-state index in [9.17, 15) is 23.5 Å². The molecule has 0 radical (unpaired) electrons. The summed E-state index contributed by atoms with van der Waals surface area (Å²) in [7, 11) is 0. The zero-order chi connectivity index (χ0) is 17.0. The van der Waals surface area contributed by atoms with Gasteiger partial charge in [0.1, 0.15) is 17.7 Å². The highest BCUT2D eigenvalue weighted by Gasteiger charge is 2.22. The van der Waals surface area contributed by atoms with E-state index < -0.39 is 29.6 Å². The van der Waals surface area contributed by atoms with Gasteiger partial charge < -0.3 is 10.4 Å². The van der Waals surface area contributed by atoms with E-state index in [0.29, 0.717) is 16.1 Å². The Labute approximate surface area is 139 Å². The Morgan fingerprint density at radius 3 is 2.30 bits per heavy atom. The molecule has 2 N–H and O–H groups in total. The van der Waals surface area contributed by atoms with Gasteiger partial charge in [0.05, 0.1) is 0 Å². The summed E-state index contributed by atoms with van der Waals surface area (Å²) in [6.45, 7) is 0. The van der Waals surface area contributed by atoms with Crippen molar-refractivity contribution in [3.05, 3.63) is 69.7 Å². The predicted molar refractivity (Wildman–Crippen MR) is 83.1 cm³/mol. The Hall–Kier alpha value is -2.28. The Bertz CT molecular complexity index is 732. The van der Waals surface area contributed by atoms with E-state index in [1.807, 2.05) is 0 Å². The number of carboxylic acid groups (broad SMARTS) is 1. The number of rotatable bonds is 5. The summed E-state index contributed by atoms with van der Waals surface area (Å²) in [5.41, 5.74) is 0.409. The van der Waals surface area contributed by atoms with Gasteiger partial charge in [0.15, 0.2) is 0 Å². The van der Waals surface area contributed by atoms with Crippen LogP contribution in [0, 0.1) is 11.6 Å². The van der Waals surface area contributed by atoms with Crippen molar-refractivity contribution in [1.82, 2.24) is 5.32 Å². The Kier molecular flexibility index (Phi) is 5.44. The van der Waals surface area contributed by atoms with E-state index in [4.69, 9.17) is 0 Å². The van der Waals surface area contributed by atoms with Gasteiger partial charge in [-0.2, -0.15) is 0 Å². The second-order valence-electron chi connectivity index (χ2n) is 4.82. The highest BCUT2D eigenvalue weighted by atomic mass is 79.9. The average molecular weight is 384 g/mol. The van der Waals surface area contributed by atoms with E-state index >= 15 is 0 Å². The number of nitrogens with one attached hydrogen (secondary N) is 1. The molecule has 0 spiro atoms. The smallest absolute Gasteiger partial charge is 0.326 e. The van der Waals surface area contributed by atoms with Crippen molar-refractivity contribution in [3.63, 3.8) is 0 Å². The van der Waals surface area contributed by atoms with Crippen LogP contribution in [-0.4, -0.2) is 23.0 Å². The molecule has 0 unspecified atom stereocenters. The lowest BCUT2D eigenvalue weighted by Crippen LogP contribution is -2.42. The molecule has 0 heterocycles. The molecule has 2 rings (SSSR count). The Morgan fingerprint density at radius 2 is 1.74 bits per heavy atom. The highest BCUT2D eigenvalue weighted by Crippen LogP contribution is 2.18. The Morgan fingerprint density at radius 1 is 1.13 bits per heavy atom. The molecule has 0 aliphatic carbocycles. The molecule has 2 aromatic rings. The molecular weight excluding hydrogens is 372 g/mol. The van der Waals surface area contributed by atoms with E-state index in [0.717, 1.165) is 12.1 Å². The first-order valence-corrected chi connectivity index (χ1v) is 7.39. The van der Waals surface area contributed by atoms with Gasteiger partial charge in [0.25, 0.3) is 5.91 Å². The molecule has 0 aliphatic heterocycles. The number of hydrogen-bond donors (Lipinski definition) is 2. The van der Waals surface area contributed by atoms with E-state index in [2.05, 4.69) is 21.2 Å². The van der Waals surface area contributed by atoms with Gasteiger partial charge >= 0.3 is 5.97 Å². The standard InChI is InChI=1S/C16H12BrF2NO3/c17-13-4-2-1-3-9(13)7-14(16(22)23)20-15(21)10-5-11(18)8-12(19)6-10/h1-6,8,14H,7H2,(H,20,21)(H,22,23)/t14-/m0/s1. The fourth-order valence-electron chi connectivity index (χ4n) is 2.01. The van der Waals surface area contributed by atoms with E-state index in [1.54, 1.807) is 24.3 Å². The van der Waals surface area contributed by atoms with Crippen LogP contribution in [0.5, 0.6) is 0 Å². The van der Waals surface area contributed by atoms with Gasteiger partial charge in [-0.25, -0.2) is 13.6 Å². The summed E-state index contributed by atoms with van der Waals surface area (Å²) < 4.78 is 27.0. The molecule has 120 valence electrons. The first-order valence-electron chi connectivity index (χ1n) is 6.60.